The van der Waals surface area contributed by atoms with Crippen molar-refractivity contribution < 1.29 is 14.3 Å². The number of esters is 2. The van der Waals surface area contributed by atoms with E-state index in [1.807, 2.05) is 6.92 Å². The van der Waals surface area contributed by atoms with E-state index < -0.39 is 17.4 Å². The van der Waals surface area contributed by atoms with E-state index in [9.17, 15) is 9.59 Å². The Morgan fingerprint density at radius 1 is 1.32 bits per heavy atom. The number of hydrogen-bond donors (Lipinski definition) is 1. The fraction of sp³-hybridized carbons (Fsp3) is 0.500. The standard InChI is InChI=1S/C12H14BrN3O3/c1-12(2-4-14-5-3-12)11(18)19-10(17)9-15-6-8(13)7-16-9/h6-7,14H,2-5H2,1H3. The van der Waals surface area contributed by atoms with Crippen LogP contribution in [0.5, 0.6) is 0 Å². The normalized spacial score (nSPS) is 17.8. The molecule has 0 radical (unpaired) electrons. The average Bonchev–Trinajstić information content (AvgIpc) is 2.40. The Hall–Kier alpha value is -1.34. The van der Waals surface area contributed by atoms with E-state index >= 15 is 0 Å². The number of aromatic nitrogens is 2. The number of halogens is 1. The zero-order valence-electron chi connectivity index (χ0n) is 10.5. The minimum absolute atomic E-state index is 0.117. The summed E-state index contributed by atoms with van der Waals surface area (Å²) in [7, 11) is 0. The number of piperidine rings is 1. The third-order valence-electron chi connectivity index (χ3n) is 3.19. The number of nitrogens with zero attached hydrogens (tertiary/aromatic N) is 2. The highest BCUT2D eigenvalue weighted by Gasteiger charge is 2.37. The van der Waals surface area contributed by atoms with Gasteiger partial charge in [0.15, 0.2) is 0 Å². The van der Waals surface area contributed by atoms with Crippen molar-refractivity contribution in [1.82, 2.24) is 15.3 Å². The molecule has 2 heterocycles. The van der Waals surface area contributed by atoms with Crippen LogP contribution in [0.25, 0.3) is 0 Å². The summed E-state index contributed by atoms with van der Waals surface area (Å²) in [6.07, 6.45) is 4.17. The van der Waals surface area contributed by atoms with Crippen molar-refractivity contribution in [2.24, 2.45) is 5.41 Å². The van der Waals surface area contributed by atoms with Crippen LogP contribution in [0.4, 0.5) is 0 Å². The van der Waals surface area contributed by atoms with E-state index in [-0.39, 0.29) is 5.82 Å². The van der Waals surface area contributed by atoms with Crippen molar-refractivity contribution in [1.29, 1.82) is 0 Å². The van der Waals surface area contributed by atoms with E-state index in [0.29, 0.717) is 17.3 Å². The number of nitrogens with one attached hydrogen (secondary N) is 1. The molecule has 1 N–H and O–H groups in total. The van der Waals surface area contributed by atoms with Gasteiger partial charge in [0.05, 0.1) is 9.89 Å². The lowest BCUT2D eigenvalue weighted by atomic mass is 9.81. The van der Waals surface area contributed by atoms with Crippen LogP contribution in [0.2, 0.25) is 0 Å². The van der Waals surface area contributed by atoms with Gasteiger partial charge in [0.2, 0.25) is 5.82 Å². The lowest BCUT2D eigenvalue weighted by Gasteiger charge is -2.30. The maximum atomic E-state index is 12.0. The number of ether oxygens (including phenoxy) is 1. The molecule has 2 rings (SSSR count). The Morgan fingerprint density at radius 3 is 2.47 bits per heavy atom. The zero-order chi connectivity index (χ0) is 13.9. The van der Waals surface area contributed by atoms with Gasteiger partial charge in [-0.25, -0.2) is 14.8 Å². The van der Waals surface area contributed by atoms with Gasteiger partial charge in [0, 0.05) is 12.4 Å². The molecule has 6 nitrogen and oxygen atoms in total. The van der Waals surface area contributed by atoms with Crippen LogP contribution >= 0.6 is 15.9 Å². The fourth-order valence-corrected chi connectivity index (χ4v) is 2.06. The smallest absolute Gasteiger partial charge is 0.384 e. The van der Waals surface area contributed by atoms with Crippen LogP contribution in [-0.2, 0) is 9.53 Å². The number of hydrogen-bond acceptors (Lipinski definition) is 6. The predicted molar refractivity (Wildman–Crippen MR) is 70.4 cm³/mol. The van der Waals surface area contributed by atoms with Crippen LogP contribution in [-0.4, -0.2) is 35.0 Å². The predicted octanol–water partition coefficient (Wildman–Crippen LogP) is 1.31. The Kier molecular flexibility index (Phi) is 4.26. The first-order valence-corrected chi connectivity index (χ1v) is 6.75. The minimum Gasteiger partial charge on any atom is -0.387 e. The molecule has 1 aliphatic heterocycles. The first-order valence-electron chi connectivity index (χ1n) is 5.96. The van der Waals surface area contributed by atoms with Crippen molar-refractivity contribution in [2.45, 2.75) is 19.8 Å². The van der Waals surface area contributed by atoms with E-state index in [1.165, 1.54) is 12.4 Å². The molecular weight excluding hydrogens is 314 g/mol. The molecule has 19 heavy (non-hydrogen) atoms. The van der Waals surface area contributed by atoms with Gasteiger partial charge in [-0.15, -0.1) is 0 Å². The molecule has 1 aliphatic rings. The number of carbonyl (C=O) groups excluding carboxylic acids is 2. The highest BCUT2D eigenvalue weighted by Crippen LogP contribution is 2.29. The summed E-state index contributed by atoms with van der Waals surface area (Å²) in [5.74, 6) is -1.43. The van der Waals surface area contributed by atoms with Crippen LogP contribution < -0.4 is 5.32 Å². The van der Waals surface area contributed by atoms with Crippen LogP contribution in [0.3, 0.4) is 0 Å². The highest BCUT2D eigenvalue weighted by atomic mass is 79.9. The van der Waals surface area contributed by atoms with Gasteiger partial charge in [-0.05, 0) is 48.8 Å². The Morgan fingerprint density at radius 2 is 1.89 bits per heavy atom. The van der Waals surface area contributed by atoms with E-state index in [4.69, 9.17) is 4.74 Å². The molecule has 1 saturated heterocycles. The molecule has 0 spiro atoms. The second-order valence-electron chi connectivity index (χ2n) is 4.71. The molecule has 0 unspecified atom stereocenters. The van der Waals surface area contributed by atoms with Gasteiger partial charge in [-0.3, -0.25) is 4.79 Å². The van der Waals surface area contributed by atoms with Crippen molar-refractivity contribution in [3.05, 3.63) is 22.7 Å². The zero-order valence-corrected chi connectivity index (χ0v) is 12.1. The molecule has 102 valence electrons. The van der Waals surface area contributed by atoms with Crippen molar-refractivity contribution in [3.8, 4) is 0 Å². The average molecular weight is 328 g/mol. The fourth-order valence-electron chi connectivity index (χ4n) is 1.85. The van der Waals surface area contributed by atoms with E-state index in [0.717, 1.165) is 13.1 Å². The molecule has 7 heteroatoms. The van der Waals surface area contributed by atoms with Gasteiger partial charge in [-0.2, -0.15) is 0 Å². The Labute approximate surface area is 119 Å². The lowest BCUT2D eigenvalue weighted by Crippen LogP contribution is -2.41. The van der Waals surface area contributed by atoms with Crippen LogP contribution in [0, 0.1) is 5.41 Å². The first-order chi connectivity index (χ1) is 9.01. The molecule has 0 saturated carbocycles. The van der Waals surface area contributed by atoms with E-state index in [1.54, 1.807) is 0 Å². The monoisotopic (exact) mass is 327 g/mol. The molecule has 0 aliphatic carbocycles. The first kappa shape index (κ1) is 14.1. The van der Waals surface area contributed by atoms with Gasteiger partial charge >= 0.3 is 11.9 Å². The Bertz CT molecular complexity index is 483. The van der Waals surface area contributed by atoms with Crippen molar-refractivity contribution >= 4 is 27.9 Å². The number of carbonyl (C=O) groups is 2. The summed E-state index contributed by atoms with van der Waals surface area (Å²) in [5, 5.41) is 3.16. The summed E-state index contributed by atoms with van der Waals surface area (Å²) in [5.41, 5.74) is -0.615. The van der Waals surface area contributed by atoms with Crippen molar-refractivity contribution in [2.75, 3.05) is 13.1 Å². The van der Waals surface area contributed by atoms with Crippen molar-refractivity contribution in [3.63, 3.8) is 0 Å². The SMILES string of the molecule is CC1(C(=O)OC(=O)c2ncc(Br)cn2)CCNCC1. The largest absolute Gasteiger partial charge is 0.387 e. The molecule has 0 atom stereocenters. The highest BCUT2D eigenvalue weighted by molar-refractivity contribution is 9.10. The van der Waals surface area contributed by atoms with E-state index in [2.05, 4.69) is 31.2 Å². The van der Waals surface area contributed by atoms with Gasteiger partial charge < -0.3 is 10.1 Å². The topological polar surface area (TPSA) is 81.2 Å². The third-order valence-corrected chi connectivity index (χ3v) is 3.60. The number of rotatable bonds is 2. The minimum atomic E-state index is -0.808. The second-order valence-corrected chi connectivity index (χ2v) is 5.63. The summed E-state index contributed by atoms with van der Waals surface area (Å²) < 4.78 is 5.53. The summed E-state index contributed by atoms with van der Waals surface area (Å²) >= 11 is 3.17. The summed E-state index contributed by atoms with van der Waals surface area (Å²) in [6, 6.07) is 0. The van der Waals surface area contributed by atoms with Gasteiger partial charge in [-0.1, -0.05) is 0 Å². The summed E-state index contributed by atoms with van der Waals surface area (Å²) in [6.45, 7) is 3.30. The second kappa shape index (κ2) is 5.75. The molecule has 0 amide bonds. The van der Waals surface area contributed by atoms with Crippen LogP contribution in [0.1, 0.15) is 30.4 Å². The molecular formula is C12H14BrN3O3. The quantitative estimate of drug-likeness (QED) is 0.651. The Balaban J connectivity index is 2.02. The molecule has 0 aromatic carbocycles. The van der Waals surface area contributed by atoms with Crippen LogP contribution in [0.15, 0.2) is 16.9 Å². The molecule has 1 aromatic rings. The van der Waals surface area contributed by atoms with Gasteiger partial charge in [0.1, 0.15) is 0 Å². The lowest BCUT2D eigenvalue weighted by molar-refractivity contribution is -0.150. The molecule has 1 aromatic heterocycles. The molecule has 0 bridgehead atoms. The molecule has 1 fully saturated rings. The maximum absolute atomic E-state index is 12.0. The summed E-state index contributed by atoms with van der Waals surface area (Å²) in [4.78, 5) is 31.4. The third kappa shape index (κ3) is 3.36. The maximum Gasteiger partial charge on any atom is 0.384 e. The van der Waals surface area contributed by atoms with Gasteiger partial charge in [0.25, 0.3) is 0 Å².